The number of rotatable bonds is 0. The molecule has 0 unspecified atom stereocenters. The van der Waals surface area contributed by atoms with Gasteiger partial charge < -0.3 is 0 Å². The fraction of sp³-hybridized carbons (Fsp3) is 0. The molecule has 0 bridgehead atoms. The molecular formula is C10H6N2. The zero-order valence-corrected chi connectivity index (χ0v) is 6.28. The molecule has 0 N–H and O–H groups in total. The molecule has 12 heavy (non-hydrogen) atoms. The van der Waals surface area contributed by atoms with Crippen molar-refractivity contribution < 1.29 is 1.37 Å². The van der Waals surface area contributed by atoms with Gasteiger partial charge in [-0.25, -0.2) is 0 Å². The number of aromatic nitrogens is 1. The van der Waals surface area contributed by atoms with Crippen molar-refractivity contribution in [2.45, 2.75) is 0 Å². The minimum Gasteiger partial charge on any atom is -0.255 e. The number of benzene rings is 1. The predicted octanol–water partition coefficient (Wildman–Crippen LogP) is 2.11. The van der Waals surface area contributed by atoms with E-state index in [-0.39, 0.29) is 6.17 Å². The van der Waals surface area contributed by atoms with Crippen molar-refractivity contribution in [2.75, 3.05) is 0 Å². The summed E-state index contributed by atoms with van der Waals surface area (Å²) < 4.78 is 7.33. The van der Waals surface area contributed by atoms with Gasteiger partial charge in [-0.1, -0.05) is 18.2 Å². The van der Waals surface area contributed by atoms with Crippen molar-refractivity contribution in [2.24, 2.45) is 0 Å². The maximum Gasteiger partial charge on any atom is 0.101 e. The van der Waals surface area contributed by atoms with Gasteiger partial charge in [-0.3, -0.25) is 4.98 Å². The lowest BCUT2D eigenvalue weighted by molar-refractivity contribution is 1.39. The number of nitrogens with zero attached hydrogens (tertiary/aromatic N) is 2. The first-order valence-electron chi connectivity index (χ1n) is 4.08. The number of pyridine rings is 1. The SMILES string of the molecule is [2H]c1ccc2cccc(C#N)c2n1. The van der Waals surface area contributed by atoms with Gasteiger partial charge in [0.05, 0.1) is 12.5 Å². The number of fused-ring (bicyclic) bond motifs is 1. The largest absolute Gasteiger partial charge is 0.255 e. The van der Waals surface area contributed by atoms with Crippen LogP contribution in [-0.2, 0) is 0 Å². The third-order valence-electron chi connectivity index (χ3n) is 1.70. The molecule has 0 radical (unpaired) electrons. The third kappa shape index (κ3) is 0.923. The molecule has 1 aromatic carbocycles. The van der Waals surface area contributed by atoms with Crippen LogP contribution in [0.15, 0.2) is 36.5 Å². The van der Waals surface area contributed by atoms with Crippen molar-refractivity contribution in [1.82, 2.24) is 4.98 Å². The summed E-state index contributed by atoms with van der Waals surface area (Å²) in [5.41, 5.74) is 1.13. The lowest BCUT2D eigenvalue weighted by atomic mass is 10.1. The fourth-order valence-corrected chi connectivity index (χ4v) is 1.14. The fourth-order valence-electron chi connectivity index (χ4n) is 1.14. The topological polar surface area (TPSA) is 36.7 Å². The van der Waals surface area contributed by atoms with E-state index in [1.54, 1.807) is 18.2 Å². The lowest BCUT2D eigenvalue weighted by Crippen LogP contribution is -1.81. The Balaban J connectivity index is 2.89. The molecule has 0 atom stereocenters. The third-order valence-corrected chi connectivity index (χ3v) is 1.70. The molecule has 2 nitrogen and oxygen atoms in total. The smallest absolute Gasteiger partial charge is 0.101 e. The van der Waals surface area contributed by atoms with Crippen LogP contribution in [0.25, 0.3) is 10.9 Å². The van der Waals surface area contributed by atoms with E-state index >= 15 is 0 Å². The summed E-state index contributed by atoms with van der Waals surface area (Å²) >= 11 is 0. The monoisotopic (exact) mass is 155 g/mol. The molecule has 0 aliphatic heterocycles. The molecule has 2 aromatic rings. The average Bonchev–Trinajstić information content (AvgIpc) is 2.17. The second-order valence-corrected chi connectivity index (χ2v) is 2.43. The quantitative estimate of drug-likeness (QED) is 0.584. The summed E-state index contributed by atoms with van der Waals surface area (Å²) in [5.74, 6) is 0. The Labute approximate surface area is 71.5 Å². The van der Waals surface area contributed by atoms with Crippen LogP contribution in [0, 0.1) is 11.3 Å². The van der Waals surface area contributed by atoms with E-state index < -0.39 is 0 Å². The van der Waals surface area contributed by atoms with E-state index in [2.05, 4.69) is 11.1 Å². The first kappa shape index (κ1) is 5.73. The standard InChI is InChI=1S/C10H6N2/c11-7-9-4-1-3-8-5-2-6-12-10(8)9/h1-6H/i6D. The Morgan fingerprint density at radius 2 is 2.17 bits per heavy atom. The molecular weight excluding hydrogens is 148 g/mol. The summed E-state index contributed by atoms with van der Waals surface area (Å²) in [7, 11) is 0. The highest BCUT2D eigenvalue weighted by Crippen LogP contribution is 2.14. The maximum absolute atomic E-state index is 8.78. The van der Waals surface area contributed by atoms with Crippen molar-refractivity contribution >= 4 is 10.9 Å². The molecule has 0 saturated heterocycles. The summed E-state index contributed by atoms with van der Waals surface area (Å²) in [6, 6.07) is 10.9. The Morgan fingerprint density at radius 1 is 1.33 bits per heavy atom. The van der Waals surface area contributed by atoms with Gasteiger partial charge in [0, 0.05) is 11.6 Å². The van der Waals surface area contributed by atoms with Gasteiger partial charge in [-0.2, -0.15) is 5.26 Å². The highest BCUT2D eigenvalue weighted by atomic mass is 14.6. The van der Waals surface area contributed by atoms with Gasteiger partial charge >= 0.3 is 0 Å². The summed E-state index contributed by atoms with van der Waals surface area (Å²) in [4.78, 5) is 3.99. The first-order valence-corrected chi connectivity index (χ1v) is 3.58. The van der Waals surface area contributed by atoms with E-state index in [1.165, 1.54) is 0 Å². The van der Waals surface area contributed by atoms with E-state index in [9.17, 15) is 0 Å². The Kier molecular flexibility index (Phi) is 1.26. The molecule has 0 fully saturated rings. The molecule has 2 rings (SSSR count). The van der Waals surface area contributed by atoms with Crippen molar-refractivity contribution in [1.29, 1.82) is 5.26 Å². The minimum atomic E-state index is 0.190. The molecule has 0 amide bonds. The Hall–Kier alpha value is -1.88. The zero-order valence-electron chi connectivity index (χ0n) is 7.28. The molecule has 2 heteroatoms. The molecule has 0 aliphatic carbocycles. The first-order chi connectivity index (χ1) is 6.31. The van der Waals surface area contributed by atoms with Crippen molar-refractivity contribution in [3.05, 3.63) is 42.1 Å². The van der Waals surface area contributed by atoms with Gasteiger partial charge in [0.1, 0.15) is 6.07 Å². The second-order valence-electron chi connectivity index (χ2n) is 2.43. The highest BCUT2D eigenvalue weighted by molar-refractivity contribution is 5.83. The normalized spacial score (nSPS) is 10.8. The van der Waals surface area contributed by atoms with Crippen LogP contribution < -0.4 is 0 Å². The Morgan fingerprint density at radius 3 is 3.00 bits per heavy atom. The molecule has 0 saturated carbocycles. The average molecular weight is 155 g/mol. The molecule has 1 aromatic heterocycles. The van der Waals surface area contributed by atoms with Gasteiger partial charge in [-0.05, 0) is 12.1 Å². The molecule has 0 spiro atoms. The van der Waals surface area contributed by atoms with E-state index in [1.807, 2.05) is 12.1 Å². The van der Waals surface area contributed by atoms with Crippen LogP contribution in [0.2, 0.25) is 0 Å². The van der Waals surface area contributed by atoms with Gasteiger partial charge in [0.15, 0.2) is 0 Å². The van der Waals surface area contributed by atoms with Crippen LogP contribution in [0.3, 0.4) is 0 Å². The predicted molar refractivity (Wildman–Crippen MR) is 46.5 cm³/mol. The van der Waals surface area contributed by atoms with Crippen LogP contribution in [-0.4, -0.2) is 4.98 Å². The van der Waals surface area contributed by atoms with Crippen molar-refractivity contribution in [3.63, 3.8) is 0 Å². The lowest BCUT2D eigenvalue weighted by Gasteiger charge is -1.95. The van der Waals surface area contributed by atoms with Crippen LogP contribution in [0.1, 0.15) is 6.93 Å². The zero-order chi connectivity index (χ0) is 9.26. The number of nitriles is 1. The van der Waals surface area contributed by atoms with Crippen LogP contribution in [0.4, 0.5) is 0 Å². The summed E-state index contributed by atoms with van der Waals surface area (Å²) in [5, 5.41) is 9.67. The van der Waals surface area contributed by atoms with Crippen molar-refractivity contribution in [3.8, 4) is 6.07 Å². The molecule has 0 aliphatic rings. The number of hydrogen-bond acceptors (Lipinski definition) is 2. The highest BCUT2D eigenvalue weighted by Gasteiger charge is 1.97. The summed E-state index contributed by atoms with van der Waals surface area (Å²) in [6.45, 7) is 0. The van der Waals surface area contributed by atoms with E-state index in [0.29, 0.717) is 11.1 Å². The summed E-state index contributed by atoms with van der Waals surface area (Å²) in [6.07, 6.45) is 0.190. The van der Waals surface area contributed by atoms with E-state index in [4.69, 9.17) is 6.63 Å². The molecule has 56 valence electrons. The van der Waals surface area contributed by atoms with Crippen LogP contribution >= 0.6 is 0 Å². The maximum atomic E-state index is 8.78. The Bertz CT molecular complexity index is 500. The van der Waals surface area contributed by atoms with Crippen LogP contribution in [0.5, 0.6) is 0 Å². The molecule has 1 heterocycles. The minimum absolute atomic E-state index is 0.190. The second kappa shape index (κ2) is 2.63. The van der Waals surface area contributed by atoms with Gasteiger partial charge in [-0.15, -0.1) is 0 Å². The van der Waals surface area contributed by atoms with Gasteiger partial charge in [0.25, 0.3) is 0 Å². The number of para-hydroxylation sites is 1. The van der Waals surface area contributed by atoms with E-state index in [0.717, 1.165) is 5.39 Å². The number of hydrogen-bond donors (Lipinski definition) is 0. The van der Waals surface area contributed by atoms with Gasteiger partial charge in [0.2, 0.25) is 0 Å².